The highest BCUT2D eigenvalue weighted by Gasteiger charge is 2.22. The summed E-state index contributed by atoms with van der Waals surface area (Å²) in [5.74, 6) is -0.214. The molecule has 0 fully saturated rings. The first-order chi connectivity index (χ1) is 7.50. The fraction of sp³-hybridized carbons (Fsp3) is 0.538. The van der Waals surface area contributed by atoms with Crippen molar-refractivity contribution in [3.63, 3.8) is 0 Å². The maximum atomic E-state index is 13.1. The lowest BCUT2D eigenvalue weighted by Gasteiger charge is -2.27. The molecule has 0 amide bonds. The van der Waals surface area contributed by atoms with Crippen molar-refractivity contribution >= 4 is 15.9 Å². The van der Waals surface area contributed by atoms with E-state index < -0.39 is 0 Å². The predicted molar refractivity (Wildman–Crippen MR) is 69.9 cm³/mol. The monoisotopic (exact) mass is 287 g/mol. The maximum absolute atomic E-state index is 13.1. The summed E-state index contributed by atoms with van der Waals surface area (Å²) in [6.45, 7) is 5.01. The van der Waals surface area contributed by atoms with Crippen LogP contribution in [0, 0.1) is 11.2 Å². The van der Waals surface area contributed by atoms with Crippen LogP contribution in [0.3, 0.4) is 0 Å². The highest BCUT2D eigenvalue weighted by molar-refractivity contribution is 9.10. The van der Waals surface area contributed by atoms with Gasteiger partial charge in [0.25, 0.3) is 0 Å². The van der Waals surface area contributed by atoms with Crippen molar-refractivity contribution < 1.29 is 4.39 Å². The molecule has 0 aliphatic heterocycles. The molecule has 1 rings (SSSR count). The molecule has 0 radical (unpaired) electrons. The van der Waals surface area contributed by atoms with Gasteiger partial charge in [-0.3, -0.25) is 0 Å². The molecule has 90 valence electrons. The molecule has 0 aliphatic carbocycles. The smallest absolute Gasteiger partial charge is 0.137 e. The van der Waals surface area contributed by atoms with Gasteiger partial charge in [0, 0.05) is 0 Å². The molecule has 0 saturated carbocycles. The molecule has 1 aromatic rings. The number of halogens is 2. The lowest BCUT2D eigenvalue weighted by atomic mass is 9.80. The first-order valence-corrected chi connectivity index (χ1v) is 6.44. The molecule has 0 aliphatic rings. The van der Waals surface area contributed by atoms with Crippen molar-refractivity contribution in [3.8, 4) is 0 Å². The third-order valence-electron chi connectivity index (χ3n) is 2.96. The fourth-order valence-electron chi connectivity index (χ4n) is 2.01. The SMILES string of the molecule is CCCC(C)(CN)Cc1ccc(F)c(Br)c1. The van der Waals surface area contributed by atoms with Gasteiger partial charge in [0.05, 0.1) is 4.47 Å². The number of nitrogens with two attached hydrogens (primary N) is 1. The molecule has 0 saturated heterocycles. The molecule has 1 atom stereocenters. The molecule has 1 unspecified atom stereocenters. The molecule has 0 bridgehead atoms. The quantitative estimate of drug-likeness (QED) is 0.873. The van der Waals surface area contributed by atoms with E-state index in [2.05, 4.69) is 29.8 Å². The Morgan fingerprint density at radius 3 is 2.62 bits per heavy atom. The minimum atomic E-state index is -0.214. The average molecular weight is 288 g/mol. The Kier molecular flexibility index (Phi) is 4.93. The minimum absolute atomic E-state index is 0.117. The van der Waals surface area contributed by atoms with Crippen molar-refractivity contribution in [1.29, 1.82) is 0 Å². The van der Waals surface area contributed by atoms with Crippen LogP contribution in [-0.4, -0.2) is 6.54 Å². The highest BCUT2D eigenvalue weighted by Crippen LogP contribution is 2.28. The van der Waals surface area contributed by atoms with Crippen molar-refractivity contribution in [2.45, 2.75) is 33.1 Å². The molecular weight excluding hydrogens is 269 g/mol. The maximum Gasteiger partial charge on any atom is 0.137 e. The minimum Gasteiger partial charge on any atom is -0.330 e. The molecular formula is C13H19BrFN. The summed E-state index contributed by atoms with van der Waals surface area (Å²) in [5, 5.41) is 0. The Labute approximate surface area is 105 Å². The van der Waals surface area contributed by atoms with Crippen LogP contribution < -0.4 is 5.73 Å². The van der Waals surface area contributed by atoms with Crippen LogP contribution in [0.15, 0.2) is 22.7 Å². The van der Waals surface area contributed by atoms with E-state index in [9.17, 15) is 4.39 Å². The normalized spacial score (nSPS) is 14.8. The summed E-state index contributed by atoms with van der Waals surface area (Å²) < 4.78 is 13.6. The van der Waals surface area contributed by atoms with Crippen LogP contribution in [0.2, 0.25) is 0 Å². The van der Waals surface area contributed by atoms with Crippen LogP contribution in [0.4, 0.5) is 4.39 Å². The van der Waals surface area contributed by atoms with E-state index in [1.54, 1.807) is 0 Å². The van der Waals surface area contributed by atoms with E-state index in [0.29, 0.717) is 11.0 Å². The van der Waals surface area contributed by atoms with Gasteiger partial charge in [-0.25, -0.2) is 4.39 Å². The Hall–Kier alpha value is -0.410. The third kappa shape index (κ3) is 3.56. The van der Waals surface area contributed by atoms with E-state index in [1.807, 2.05) is 12.1 Å². The van der Waals surface area contributed by atoms with E-state index in [0.717, 1.165) is 24.8 Å². The van der Waals surface area contributed by atoms with Gasteiger partial charge in [0.1, 0.15) is 5.82 Å². The lowest BCUT2D eigenvalue weighted by molar-refractivity contribution is 0.302. The lowest BCUT2D eigenvalue weighted by Crippen LogP contribution is -2.29. The molecule has 1 aromatic carbocycles. The topological polar surface area (TPSA) is 26.0 Å². The van der Waals surface area contributed by atoms with Gasteiger partial charge >= 0.3 is 0 Å². The van der Waals surface area contributed by atoms with Crippen LogP contribution >= 0.6 is 15.9 Å². The predicted octanol–water partition coefficient (Wildman–Crippen LogP) is 3.90. The number of rotatable bonds is 5. The fourth-order valence-corrected chi connectivity index (χ4v) is 2.43. The molecule has 2 N–H and O–H groups in total. The van der Waals surface area contributed by atoms with E-state index in [1.165, 1.54) is 6.07 Å². The number of benzene rings is 1. The van der Waals surface area contributed by atoms with Gasteiger partial charge in [-0.05, 0) is 58.4 Å². The zero-order valence-electron chi connectivity index (χ0n) is 9.89. The Balaban J connectivity index is 2.81. The van der Waals surface area contributed by atoms with Gasteiger partial charge in [0.2, 0.25) is 0 Å². The zero-order valence-corrected chi connectivity index (χ0v) is 11.5. The second-order valence-corrected chi connectivity index (χ2v) is 5.54. The zero-order chi connectivity index (χ0) is 12.2. The summed E-state index contributed by atoms with van der Waals surface area (Å²) in [5.41, 5.74) is 7.07. The number of hydrogen-bond acceptors (Lipinski definition) is 1. The van der Waals surface area contributed by atoms with E-state index in [-0.39, 0.29) is 11.2 Å². The van der Waals surface area contributed by atoms with Gasteiger partial charge < -0.3 is 5.73 Å². The van der Waals surface area contributed by atoms with Crippen LogP contribution in [0.25, 0.3) is 0 Å². The molecule has 0 heterocycles. The summed E-state index contributed by atoms with van der Waals surface area (Å²) in [6, 6.07) is 5.19. The Morgan fingerprint density at radius 2 is 2.12 bits per heavy atom. The first kappa shape index (κ1) is 13.7. The second kappa shape index (κ2) is 5.78. The van der Waals surface area contributed by atoms with Crippen molar-refractivity contribution in [3.05, 3.63) is 34.1 Å². The van der Waals surface area contributed by atoms with Crippen LogP contribution in [-0.2, 0) is 6.42 Å². The Bertz CT molecular complexity index is 354. The standard InChI is InChI=1S/C13H19BrFN/c1-3-6-13(2,9-16)8-10-4-5-12(15)11(14)7-10/h4-5,7H,3,6,8-9,16H2,1-2H3. The van der Waals surface area contributed by atoms with Crippen molar-refractivity contribution in [2.75, 3.05) is 6.54 Å². The van der Waals surface area contributed by atoms with Gasteiger partial charge in [0.15, 0.2) is 0 Å². The molecule has 0 spiro atoms. The summed E-state index contributed by atoms with van der Waals surface area (Å²) in [4.78, 5) is 0. The molecule has 3 heteroatoms. The van der Waals surface area contributed by atoms with E-state index in [4.69, 9.17) is 5.73 Å². The van der Waals surface area contributed by atoms with E-state index >= 15 is 0 Å². The van der Waals surface area contributed by atoms with Gasteiger partial charge in [-0.2, -0.15) is 0 Å². The highest BCUT2D eigenvalue weighted by atomic mass is 79.9. The Morgan fingerprint density at radius 1 is 1.44 bits per heavy atom. The summed E-state index contributed by atoms with van der Waals surface area (Å²) in [6.07, 6.45) is 3.12. The largest absolute Gasteiger partial charge is 0.330 e. The summed E-state index contributed by atoms with van der Waals surface area (Å²) in [7, 11) is 0. The summed E-state index contributed by atoms with van der Waals surface area (Å²) >= 11 is 3.21. The van der Waals surface area contributed by atoms with Crippen molar-refractivity contribution in [1.82, 2.24) is 0 Å². The second-order valence-electron chi connectivity index (χ2n) is 4.69. The van der Waals surface area contributed by atoms with Crippen LogP contribution in [0.1, 0.15) is 32.3 Å². The third-order valence-corrected chi connectivity index (χ3v) is 3.57. The first-order valence-electron chi connectivity index (χ1n) is 5.65. The molecule has 16 heavy (non-hydrogen) atoms. The van der Waals surface area contributed by atoms with Gasteiger partial charge in [-0.15, -0.1) is 0 Å². The molecule has 0 aromatic heterocycles. The number of hydrogen-bond donors (Lipinski definition) is 1. The average Bonchev–Trinajstić information content (AvgIpc) is 2.24. The van der Waals surface area contributed by atoms with Crippen molar-refractivity contribution in [2.24, 2.45) is 11.1 Å². The van der Waals surface area contributed by atoms with Crippen LogP contribution in [0.5, 0.6) is 0 Å². The van der Waals surface area contributed by atoms with Gasteiger partial charge in [-0.1, -0.05) is 26.3 Å². The molecule has 1 nitrogen and oxygen atoms in total.